The maximum Gasteiger partial charge on any atom is 0.255 e. The molecule has 4 nitrogen and oxygen atoms in total. The number of pyridine rings is 1. The van der Waals surface area contributed by atoms with Gasteiger partial charge >= 0.3 is 0 Å². The molecule has 5 heteroatoms. The molecular weight excluding hydrogens is 306 g/mol. The van der Waals surface area contributed by atoms with E-state index in [9.17, 15) is 4.79 Å². The maximum absolute atomic E-state index is 12.3. The van der Waals surface area contributed by atoms with Crippen molar-refractivity contribution in [1.29, 1.82) is 0 Å². The highest BCUT2D eigenvalue weighted by atomic mass is 79.9. The van der Waals surface area contributed by atoms with E-state index in [1.54, 1.807) is 6.20 Å². The van der Waals surface area contributed by atoms with Crippen molar-refractivity contribution >= 4 is 21.8 Å². The summed E-state index contributed by atoms with van der Waals surface area (Å²) in [4.78, 5) is 20.8. The van der Waals surface area contributed by atoms with E-state index in [0.29, 0.717) is 11.6 Å². The summed E-state index contributed by atoms with van der Waals surface area (Å²) in [5, 5.41) is 0. The summed E-state index contributed by atoms with van der Waals surface area (Å²) < 4.78 is 0.755. The fourth-order valence-corrected chi connectivity index (χ4v) is 2.54. The Morgan fingerprint density at radius 1 is 1.37 bits per heavy atom. The lowest BCUT2D eigenvalue weighted by molar-refractivity contribution is 0.0579. The van der Waals surface area contributed by atoms with E-state index in [1.807, 2.05) is 17.0 Å². The first-order chi connectivity index (χ1) is 9.11. The molecule has 0 radical (unpaired) electrons. The maximum atomic E-state index is 12.3. The van der Waals surface area contributed by atoms with Crippen LogP contribution in [-0.4, -0.2) is 52.9 Å². The first kappa shape index (κ1) is 14.5. The molecule has 0 saturated carbocycles. The zero-order valence-electron chi connectivity index (χ0n) is 11.5. The topological polar surface area (TPSA) is 36.4 Å². The molecule has 2 rings (SSSR count). The van der Waals surface area contributed by atoms with Crippen LogP contribution in [0.3, 0.4) is 0 Å². The van der Waals surface area contributed by atoms with Crippen molar-refractivity contribution in [3.8, 4) is 0 Å². The fourth-order valence-electron chi connectivity index (χ4n) is 2.31. The van der Waals surface area contributed by atoms with Crippen LogP contribution in [0.4, 0.5) is 0 Å². The Morgan fingerprint density at radius 2 is 2.05 bits per heavy atom. The summed E-state index contributed by atoms with van der Waals surface area (Å²) in [7, 11) is 0. The van der Waals surface area contributed by atoms with Gasteiger partial charge in [-0.15, -0.1) is 0 Å². The van der Waals surface area contributed by atoms with E-state index < -0.39 is 0 Å². The molecule has 1 atom stereocenters. The van der Waals surface area contributed by atoms with Gasteiger partial charge < -0.3 is 4.90 Å². The van der Waals surface area contributed by atoms with Crippen molar-refractivity contribution in [2.75, 3.05) is 26.2 Å². The van der Waals surface area contributed by atoms with Crippen LogP contribution in [0.15, 0.2) is 22.9 Å². The summed E-state index contributed by atoms with van der Waals surface area (Å²) in [6, 6.07) is 4.23. The van der Waals surface area contributed by atoms with E-state index in [0.717, 1.165) is 37.2 Å². The van der Waals surface area contributed by atoms with Crippen molar-refractivity contribution in [1.82, 2.24) is 14.8 Å². The highest BCUT2D eigenvalue weighted by Crippen LogP contribution is 2.13. The summed E-state index contributed by atoms with van der Waals surface area (Å²) >= 11 is 3.28. The van der Waals surface area contributed by atoms with Gasteiger partial charge in [0.05, 0.1) is 5.56 Å². The molecule has 19 heavy (non-hydrogen) atoms. The standard InChI is InChI=1S/C14H20BrN3O/c1-3-11(2)17-6-8-18(9-7-17)14(19)12-4-5-13(15)16-10-12/h4-5,10-11H,3,6-9H2,1-2H3. The van der Waals surface area contributed by atoms with E-state index >= 15 is 0 Å². The third kappa shape index (κ3) is 3.54. The van der Waals surface area contributed by atoms with E-state index in [-0.39, 0.29) is 5.91 Å². The normalized spacial score (nSPS) is 18.4. The molecule has 1 aromatic heterocycles. The summed E-state index contributed by atoms with van der Waals surface area (Å²) in [5.74, 6) is 0.0869. The number of piperazine rings is 1. The Balaban J connectivity index is 1.94. The molecule has 0 aromatic carbocycles. The van der Waals surface area contributed by atoms with Gasteiger partial charge in [0, 0.05) is 38.4 Å². The van der Waals surface area contributed by atoms with E-state index in [4.69, 9.17) is 0 Å². The smallest absolute Gasteiger partial charge is 0.255 e. The lowest BCUT2D eigenvalue weighted by Gasteiger charge is -2.37. The Hall–Kier alpha value is -0.940. The van der Waals surface area contributed by atoms with Crippen molar-refractivity contribution in [2.45, 2.75) is 26.3 Å². The van der Waals surface area contributed by atoms with Gasteiger partial charge in [-0.05, 0) is 41.4 Å². The number of nitrogens with zero attached hydrogens (tertiary/aromatic N) is 3. The minimum atomic E-state index is 0.0869. The summed E-state index contributed by atoms with van der Waals surface area (Å²) in [5.41, 5.74) is 0.667. The Labute approximate surface area is 122 Å². The van der Waals surface area contributed by atoms with Crippen LogP contribution in [0.2, 0.25) is 0 Å². The predicted octanol–water partition coefficient (Wildman–Crippen LogP) is 2.40. The molecule has 0 spiro atoms. The van der Waals surface area contributed by atoms with Crippen molar-refractivity contribution in [3.05, 3.63) is 28.5 Å². The van der Waals surface area contributed by atoms with Crippen LogP contribution >= 0.6 is 15.9 Å². The molecule has 1 saturated heterocycles. The van der Waals surface area contributed by atoms with Gasteiger partial charge in [0.2, 0.25) is 0 Å². The second-order valence-electron chi connectivity index (χ2n) is 4.96. The second kappa shape index (κ2) is 6.48. The van der Waals surface area contributed by atoms with Gasteiger partial charge in [0.15, 0.2) is 0 Å². The summed E-state index contributed by atoms with van der Waals surface area (Å²) in [6.07, 6.45) is 2.79. The molecular formula is C14H20BrN3O. The Bertz CT molecular complexity index is 427. The van der Waals surface area contributed by atoms with Gasteiger partial charge in [-0.2, -0.15) is 0 Å². The first-order valence-corrected chi connectivity index (χ1v) is 7.56. The average molecular weight is 326 g/mol. The van der Waals surface area contributed by atoms with Gasteiger partial charge in [-0.3, -0.25) is 9.69 Å². The highest BCUT2D eigenvalue weighted by molar-refractivity contribution is 9.10. The molecule has 0 N–H and O–H groups in total. The zero-order chi connectivity index (χ0) is 13.8. The molecule has 1 fully saturated rings. The number of halogens is 1. The van der Waals surface area contributed by atoms with Crippen LogP contribution in [-0.2, 0) is 0 Å². The minimum absolute atomic E-state index is 0.0869. The molecule has 104 valence electrons. The van der Waals surface area contributed by atoms with Gasteiger partial charge in [0.25, 0.3) is 5.91 Å². The second-order valence-corrected chi connectivity index (χ2v) is 5.77. The molecule has 1 aromatic rings. The number of aromatic nitrogens is 1. The van der Waals surface area contributed by atoms with Gasteiger partial charge in [-0.1, -0.05) is 6.92 Å². The van der Waals surface area contributed by atoms with Gasteiger partial charge in [-0.25, -0.2) is 4.98 Å². The third-order valence-electron chi connectivity index (χ3n) is 3.79. The van der Waals surface area contributed by atoms with Crippen LogP contribution in [0, 0.1) is 0 Å². The fraction of sp³-hybridized carbons (Fsp3) is 0.571. The molecule has 1 unspecified atom stereocenters. The monoisotopic (exact) mass is 325 g/mol. The number of hydrogen-bond donors (Lipinski definition) is 0. The van der Waals surface area contributed by atoms with E-state index in [2.05, 4.69) is 39.7 Å². The number of carbonyl (C=O) groups is 1. The lowest BCUT2D eigenvalue weighted by Crippen LogP contribution is -2.51. The number of amides is 1. The van der Waals surface area contributed by atoms with Crippen molar-refractivity contribution in [3.63, 3.8) is 0 Å². The SMILES string of the molecule is CCC(C)N1CCN(C(=O)c2ccc(Br)nc2)CC1. The molecule has 2 heterocycles. The molecule has 1 aliphatic heterocycles. The average Bonchev–Trinajstić information content (AvgIpc) is 2.46. The first-order valence-electron chi connectivity index (χ1n) is 6.76. The predicted molar refractivity (Wildman–Crippen MR) is 79.2 cm³/mol. The molecule has 0 bridgehead atoms. The largest absolute Gasteiger partial charge is 0.336 e. The van der Waals surface area contributed by atoms with Crippen LogP contribution in [0.25, 0.3) is 0 Å². The quantitative estimate of drug-likeness (QED) is 0.801. The highest BCUT2D eigenvalue weighted by Gasteiger charge is 2.24. The minimum Gasteiger partial charge on any atom is -0.336 e. The Kier molecular flexibility index (Phi) is 4.93. The number of carbonyl (C=O) groups excluding carboxylic acids is 1. The third-order valence-corrected chi connectivity index (χ3v) is 4.26. The number of hydrogen-bond acceptors (Lipinski definition) is 3. The van der Waals surface area contributed by atoms with Gasteiger partial charge in [0.1, 0.15) is 4.60 Å². The summed E-state index contributed by atoms with van der Waals surface area (Å²) in [6.45, 7) is 7.99. The molecule has 1 amide bonds. The molecule has 1 aliphatic rings. The van der Waals surface area contributed by atoms with Crippen molar-refractivity contribution < 1.29 is 4.79 Å². The molecule has 0 aliphatic carbocycles. The van der Waals surface area contributed by atoms with Crippen LogP contribution in [0.1, 0.15) is 30.6 Å². The number of rotatable bonds is 3. The zero-order valence-corrected chi connectivity index (χ0v) is 13.1. The van der Waals surface area contributed by atoms with Crippen LogP contribution in [0.5, 0.6) is 0 Å². The van der Waals surface area contributed by atoms with Crippen molar-refractivity contribution in [2.24, 2.45) is 0 Å². The van der Waals surface area contributed by atoms with Crippen LogP contribution < -0.4 is 0 Å². The Morgan fingerprint density at radius 3 is 2.58 bits per heavy atom. The lowest BCUT2D eigenvalue weighted by atomic mass is 10.1. The van der Waals surface area contributed by atoms with E-state index in [1.165, 1.54) is 0 Å².